The number of nitrogens with two attached hydrogens (primary N) is 1. The summed E-state index contributed by atoms with van der Waals surface area (Å²) in [5.41, 5.74) is 6.86. The first-order chi connectivity index (χ1) is 7.77. The summed E-state index contributed by atoms with van der Waals surface area (Å²) in [7, 11) is 0. The van der Waals surface area contributed by atoms with E-state index < -0.39 is 0 Å². The fraction of sp³-hybridized carbons (Fsp3) is 0.417. The Labute approximate surface area is 95.2 Å². The lowest BCUT2D eigenvalue weighted by atomic mass is 10.1. The third-order valence-electron chi connectivity index (χ3n) is 2.88. The topological polar surface area (TPSA) is 67.2 Å². The molecule has 0 aromatic heterocycles. The largest absolute Gasteiger partial charge is 0.398 e. The number of hydrogen-bond acceptors (Lipinski definition) is 3. The van der Waals surface area contributed by atoms with E-state index in [1.807, 2.05) is 12.1 Å². The molecule has 1 aromatic carbocycles. The van der Waals surface area contributed by atoms with Crippen LogP contribution in [0.15, 0.2) is 24.3 Å². The van der Waals surface area contributed by atoms with Crippen LogP contribution < -0.4 is 16.4 Å². The van der Waals surface area contributed by atoms with Crippen molar-refractivity contribution in [2.24, 2.45) is 0 Å². The smallest absolute Gasteiger partial charge is 0.253 e. The average Bonchev–Trinajstić information content (AvgIpc) is 2.31. The van der Waals surface area contributed by atoms with Crippen molar-refractivity contribution >= 4 is 11.6 Å². The van der Waals surface area contributed by atoms with Crippen LogP contribution in [0.4, 0.5) is 5.69 Å². The minimum Gasteiger partial charge on any atom is -0.398 e. The van der Waals surface area contributed by atoms with Gasteiger partial charge >= 0.3 is 0 Å². The van der Waals surface area contributed by atoms with Gasteiger partial charge < -0.3 is 16.4 Å². The maximum Gasteiger partial charge on any atom is 0.253 e. The van der Waals surface area contributed by atoms with E-state index in [9.17, 15) is 4.79 Å². The van der Waals surface area contributed by atoms with Crippen LogP contribution in [0.3, 0.4) is 0 Å². The summed E-state index contributed by atoms with van der Waals surface area (Å²) in [6, 6.07) is 7.43. The Morgan fingerprint density at radius 3 is 2.69 bits per heavy atom. The van der Waals surface area contributed by atoms with Crippen molar-refractivity contribution < 1.29 is 4.79 Å². The van der Waals surface area contributed by atoms with E-state index in [1.165, 1.54) is 0 Å². The molecule has 0 bridgehead atoms. The van der Waals surface area contributed by atoms with Crippen molar-refractivity contribution in [3.8, 4) is 0 Å². The fourth-order valence-corrected chi connectivity index (χ4v) is 1.93. The molecular weight excluding hydrogens is 202 g/mol. The standard InChI is InChI=1S/C12H17N3O/c13-11-4-2-1-3-10(11)12(16)15-9-5-7-14-8-6-9/h1-4,9,14H,5-8,13H2,(H,15,16). The van der Waals surface area contributed by atoms with Crippen molar-refractivity contribution in [1.29, 1.82) is 0 Å². The number of rotatable bonds is 2. The van der Waals surface area contributed by atoms with Crippen LogP contribution in [0, 0.1) is 0 Å². The predicted molar refractivity (Wildman–Crippen MR) is 64.2 cm³/mol. The van der Waals surface area contributed by atoms with Gasteiger partial charge in [-0.1, -0.05) is 12.1 Å². The van der Waals surface area contributed by atoms with Gasteiger partial charge in [0.15, 0.2) is 0 Å². The summed E-state index contributed by atoms with van der Waals surface area (Å²) in [6.45, 7) is 1.93. The molecule has 1 heterocycles. The zero-order valence-corrected chi connectivity index (χ0v) is 9.20. The first-order valence-electron chi connectivity index (χ1n) is 5.63. The van der Waals surface area contributed by atoms with E-state index in [1.54, 1.807) is 12.1 Å². The van der Waals surface area contributed by atoms with Gasteiger partial charge in [0.2, 0.25) is 0 Å². The SMILES string of the molecule is Nc1ccccc1C(=O)NC1CCNCC1. The molecule has 2 rings (SSSR count). The zero-order chi connectivity index (χ0) is 11.4. The molecule has 1 aliphatic heterocycles. The molecule has 86 valence electrons. The Bertz CT molecular complexity index is 372. The first-order valence-corrected chi connectivity index (χ1v) is 5.63. The van der Waals surface area contributed by atoms with Crippen molar-refractivity contribution in [2.75, 3.05) is 18.8 Å². The number of carbonyl (C=O) groups is 1. The van der Waals surface area contributed by atoms with E-state index >= 15 is 0 Å². The van der Waals surface area contributed by atoms with Crippen molar-refractivity contribution in [3.05, 3.63) is 29.8 Å². The highest BCUT2D eigenvalue weighted by Gasteiger charge is 2.17. The molecule has 4 heteroatoms. The van der Waals surface area contributed by atoms with Gasteiger partial charge in [-0.05, 0) is 38.1 Å². The molecule has 0 radical (unpaired) electrons. The molecular formula is C12H17N3O. The molecule has 0 atom stereocenters. The van der Waals surface area contributed by atoms with Gasteiger partial charge in [0.25, 0.3) is 5.91 Å². The molecule has 4 nitrogen and oxygen atoms in total. The predicted octanol–water partition coefficient (Wildman–Crippen LogP) is 0.751. The average molecular weight is 219 g/mol. The Hall–Kier alpha value is -1.55. The first kappa shape index (κ1) is 11.0. The number of para-hydroxylation sites is 1. The highest BCUT2D eigenvalue weighted by molar-refractivity contribution is 5.99. The highest BCUT2D eigenvalue weighted by atomic mass is 16.1. The van der Waals surface area contributed by atoms with Gasteiger partial charge in [-0.15, -0.1) is 0 Å². The zero-order valence-electron chi connectivity index (χ0n) is 9.20. The Morgan fingerprint density at radius 2 is 2.00 bits per heavy atom. The number of amides is 1. The number of nitrogens with one attached hydrogen (secondary N) is 2. The lowest BCUT2D eigenvalue weighted by Crippen LogP contribution is -2.42. The van der Waals surface area contributed by atoms with Crippen LogP contribution in [0.2, 0.25) is 0 Å². The quantitative estimate of drug-likeness (QED) is 0.643. The maximum absolute atomic E-state index is 11.9. The van der Waals surface area contributed by atoms with E-state index in [0.717, 1.165) is 25.9 Å². The second-order valence-electron chi connectivity index (χ2n) is 4.08. The molecule has 1 amide bonds. The van der Waals surface area contributed by atoms with E-state index in [2.05, 4.69) is 10.6 Å². The number of hydrogen-bond donors (Lipinski definition) is 3. The molecule has 0 aliphatic carbocycles. The summed E-state index contributed by atoms with van der Waals surface area (Å²) in [5.74, 6) is -0.0648. The van der Waals surface area contributed by atoms with Crippen molar-refractivity contribution in [1.82, 2.24) is 10.6 Å². The van der Waals surface area contributed by atoms with Gasteiger partial charge in [0.1, 0.15) is 0 Å². The second kappa shape index (κ2) is 4.99. The monoisotopic (exact) mass is 219 g/mol. The van der Waals surface area contributed by atoms with Gasteiger partial charge in [-0.2, -0.15) is 0 Å². The minimum absolute atomic E-state index is 0.0648. The number of benzene rings is 1. The molecule has 1 aromatic rings. The highest BCUT2D eigenvalue weighted by Crippen LogP contribution is 2.11. The van der Waals surface area contributed by atoms with E-state index in [-0.39, 0.29) is 11.9 Å². The molecule has 1 saturated heterocycles. The molecule has 4 N–H and O–H groups in total. The Balaban J connectivity index is 2.00. The van der Waals surface area contributed by atoms with Crippen LogP contribution >= 0.6 is 0 Å². The summed E-state index contributed by atoms with van der Waals surface area (Å²) in [6.07, 6.45) is 1.97. The Morgan fingerprint density at radius 1 is 1.31 bits per heavy atom. The minimum atomic E-state index is -0.0648. The van der Waals surface area contributed by atoms with E-state index in [4.69, 9.17) is 5.73 Å². The molecule has 0 spiro atoms. The molecule has 16 heavy (non-hydrogen) atoms. The van der Waals surface area contributed by atoms with Crippen LogP contribution in [0.25, 0.3) is 0 Å². The summed E-state index contributed by atoms with van der Waals surface area (Å²) < 4.78 is 0. The number of piperidine rings is 1. The third-order valence-corrected chi connectivity index (χ3v) is 2.88. The van der Waals surface area contributed by atoms with Crippen molar-refractivity contribution in [2.45, 2.75) is 18.9 Å². The van der Waals surface area contributed by atoms with Gasteiger partial charge in [-0.25, -0.2) is 0 Å². The summed E-state index contributed by atoms with van der Waals surface area (Å²) in [5, 5.41) is 6.28. The Kier molecular flexibility index (Phi) is 3.41. The summed E-state index contributed by atoms with van der Waals surface area (Å²) >= 11 is 0. The van der Waals surface area contributed by atoms with Crippen LogP contribution in [-0.2, 0) is 0 Å². The molecule has 1 aliphatic rings. The maximum atomic E-state index is 11.9. The molecule has 0 unspecified atom stereocenters. The van der Waals surface area contributed by atoms with Crippen LogP contribution in [0.1, 0.15) is 23.2 Å². The second-order valence-corrected chi connectivity index (χ2v) is 4.08. The molecule has 0 saturated carbocycles. The van der Waals surface area contributed by atoms with Crippen molar-refractivity contribution in [3.63, 3.8) is 0 Å². The number of anilines is 1. The van der Waals surface area contributed by atoms with Gasteiger partial charge in [0.05, 0.1) is 5.56 Å². The number of nitrogen functional groups attached to an aromatic ring is 1. The van der Waals surface area contributed by atoms with E-state index in [0.29, 0.717) is 11.3 Å². The van der Waals surface area contributed by atoms with Crippen LogP contribution in [0.5, 0.6) is 0 Å². The van der Waals surface area contributed by atoms with Gasteiger partial charge in [-0.3, -0.25) is 4.79 Å². The summed E-state index contributed by atoms with van der Waals surface area (Å²) in [4.78, 5) is 11.9. The van der Waals surface area contributed by atoms with Gasteiger partial charge in [0, 0.05) is 11.7 Å². The lowest BCUT2D eigenvalue weighted by Gasteiger charge is -2.23. The normalized spacial score (nSPS) is 17.0. The third kappa shape index (κ3) is 2.52. The van der Waals surface area contributed by atoms with Crippen LogP contribution in [-0.4, -0.2) is 25.0 Å². The fourth-order valence-electron chi connectivity index (χ4n) is 1.93. The lowest BCUT2D eigenvalue weighted by molar-refractivity contribution is 0.0930. The number of carbonyl (C=O) groups excluding carboxylic acids is 1. The molecule has 1 fully saturated rings.